The van der Waals surface area contributed by atoms with E-state index in [2.05, 4.69) is 15.1 Å². The highest BCUT2D eigenvalue weighted by Crippen LogP contribution is 2.43. The molecular formula is C17H31N3O2. The van der Waals surface area contributed by atoms with E-state index < -0.39 is 0 Å². The van der Waals surface area contributed by atoms with Gasteiger partial charge in [-0.2, -0.15) is 0 Å². The lowest BCUT2D eigenvalue weighted by Gasteiger charge is -2.34. The van der Waals surface area contributed by atoms with E-state index in [1.807, 2.05) is 0 Å². The van der Waals surface area contributed by atoms with Crippen molar-refractivity contribution in [1.82, 2.24) is 15.1 Å². The van der Waals surface area contributed by atoms with Gasteiger partial charge in [0.25, 0.3) is 0 Å². The van der Waals surface area contributed by atoms with E-state index in [1.54, 1.807) is 7.11 Å². The molecule has 1 unspecified atom stereocenters. The van der Waals surface area contributed by atoms with Crippen LogP contribution in [0.4, 0.5) is 0 Å². The second-order valence-electron chi connectivity index (χ2n) is 7.21. The highest BCUT2D eigenvalue weighted by molar-refractivity contribution is 5.83. The van der Waals surface area contributed by atoms with Gasteiger partial charge in [-0.15, -0.1) is 0 Å². The lowest BCUT2D eigenvalue weighted by Crippen LogP contribution is -2.50. The summed E-state index contributed by atoms with van der Waals surface area (Å²) in [4.78, 5) is 17.9. The first-order valence-corrected chi connectivity index (χ1v) is 8.98. The molecule has 0 aromatic carbocycles. The van der Waals surface area contributed by atoms with Gasteiger partial charge in [0, 0.05) is 59.0 Å². The molecule has 3 fully saturated rings. The Hall–Kier alpha value is -0.650. The van der Waals surface area contributed by atoms with Crippen molar-refractivity contribution in [2.75, 3.05) is 53.0 Å². The van der Waals surface area contributed by atoms with E-state index in [1.165, 1.54) is 12.8 Å². The number of methoxy groups -OCH3 is 1. The molecule has 5 nitrogen and oxygen atoms in total. The van der Waals surface area contributed by atoms with Gasteiger partial charge >= 0.3 is 0 Å². The van der Waals surface area contributed by atoms with Crippen LogP contribution in [0, 0.1) is 5.41 Å². The molecule has 1 saturated carbocycles. The van der Waals surface area contributed by atoms with Gasteiger partial charge in [0.05, 0.1) is 5.41 Å². The fourth-order valence-electron chi connectivity index (χ4n) is 4.53. The molecule has 3 rings (SSSR count). The monoisotopic (exact) mass is 309 g/mol. The SMILES string of the molecule is COCCC1(C(=O)N2CCC(N3CCNCC3)C2)CCCC1. The summed E-state index contributed by atoms with van der Waals surface area (Å²) in [6.45, 7) is 7.02. The van der Waals surface area contributed by atoms with Crippen molar-refractivity contribution in [1.29, 1.82) is 0 Å². The third-order valence-electron chi connectivity index (χ3n) is 5.92. The van der Waals surface area contributed by atoms with Crippen LogP contribution in [-0.2, 0) is 9.53 Å². The first-order valence-electron chi connectivity index (χ1n) is 8.98. The van der Waals surface area contributed by atoms with Crippen molar-refractivity contribution in [3.63, 3.8) is 0 Å². The largest absolute Gasteiger partial charge is 0.385 e. The highest BCUT2D eigenvalue weighted by atomic mass is 16.5. The molecular weight excluding hydrogens is 278 g/mol. The molecule has 0 bridgehead atoms. The molecule has 2 aliphatic heterocycles. The summed E-state index contributed by atoms with van der Waals surface area (Å²) < 4.78 is 5.27. The van der Waals surface area contributed by atoms with Crippen LogP contribution in [-0.4, -0.2) is 74.7 Å². The minimum absolute atomic E-state index is 0.117. The lowest BCUT2D eigenvalue weighted by molar-refractivity contribution is -0.142. The van der Waals surface area contributed by atoms with Gasteiger partial charge in [-0.3, -0.25) is 9.69 Å². The van der Waals surface area contributed by atoms with Gasteiger partial charge in [-0.05, 0) is 25.7 Å². The van der Waals surface area contributed by atoms with E-state index in [4.69, 9.17) is 4.74 Å². The summed E-state index contributed by atoms with van der Waals surface area (Å²) in [7, 11) is 1.74. The number of carbonyl (C=O) groups excluding carboxylic acids is 1. The molecule has 1 N–H and O–H groups in total. The molecule has 0 aromatic rings. The number of hydrogen-bond acceptors (Lipinski definition) is 4. The minimum Gasteiger partial charge on any atom is -0.385 e. The standard InChI is InChI=1S/C17H31N3O2/c1-22-13-7-17(5-2-3-6-17)16(21)20-10-4-15(14-20)19-11-8-18-9-12-19/h15,18H,2-14H2,1H3. The fourth-order valence-corrected chi connectivity index (χ4v) is 4.53. The summed E-state index contributed by atoms with van der Waals surface area (Å²) in [6, 6.07) is 0.576. The van der Waals surface area contributed by atoms with Crippen LogP contribution in [0.2, 0.25) is 0 Å². The van der Waals surface area contributed by atoms with E-state index in [-0.39, 0.29) is 5.41 Å². The van der Waals surface area contributed by atoms with Crippen LogP contribution in [0.5, 0.6) is 0 Å². The number of hydrogen-bond donors (Lipinski definition) is 1. The summed E-state index contributed by atoms with van der Waals surface area (Å²) in [5, 5.41) is 3.41. The zero-order valence-electron chi connectivity index (χ0n) is 14.0. The minimum atomic E-state index is -0.117. The molecule has 0 aromatic heterocycles. The van der Waals surface area contributed by atoms with Crippen molar-refractivity contribution in [2.24, 2.45) is 5.41 Å². The van der Waals surface area contributed by atoms with Crippen LogP contribution >= 0.6 is 0 Å². The summed E-state index contributed by atoms with van der Waals surface area (Å²) >= 11 is 0. The average molecular weight is 309 g/mol. The van der Waals surface area contributed by atoms with Gasteiger partial charge in [0.2, 0.25) is 5.91 Å². The molecule has 3 aliphatic rings. The highest BCUT2D eigenvalue weighted by Gasteiger charge is 2.45. The quantitative estimate of drug-likeness (QED) is 0.826. The maximum atomic E-state index is 13.1. The van der Waals surface area contributed by atoms with Crippen molar-refractivity contribution in [3.05, 3.63) is 0 Å². The predicted octanol–water partition coefficient (Wildman–Crippen LogP) is 1.09. The molecule has 0 radical (unpaired) electrons. The van der Waals surface area contributed by atoms with E-state index in [0.717, 1.165) is 65.0 Å². The van der Waals surface area contributed by atoms with Gasteiger partial charge in [0.15, 0.2) is 0 Å². The van der Waals surface area contributed by atoms with Gasteiger partial charge in [0.1, 0.15) is 0 Å². The number of piperazine rings is 1. The van der Waals surface area contributed by atoms with Crippen LogP contribution in [0.3, 0.4) is 0 Å². The molecule has 1 atom stereocenters. The Morgan fingerprint density at radius 2 is 1.95 bits per heavy atom. The Kier molecular flexibility index (Phi) is 5.37. The van der Waals surface area contributed by atoms with Crippen molar-refractivity contribution in [2.45, 2.75) is 44.6 Å². The number of carbonyl (C=O) groups is 1. The van der Waals surface area contributed by atoms with Crippen molar-refractivity contribution in [3.8, 4) is 0 Å². The number of likely N-dealkylation sites (tertiary alicyclic amines) is 1. The normalized spacial score (nSPS) is 29.1. The average Bonchev–Trinajstić information content (AvgIpc) is 3.23. The number of amides is 1. The second kappa shape index (κ2) is 7.28. The first kappa shape index (κ1) is 16.2. The number of nitrogens with zero attached hydrogens (tertiary/aromatic N) is 2. The summed E-state index contributed by atoms with van der Waals surface area (Å²) in [5.74, 6) is 0.416. The van der Waals surface area contributed by atoms with Crippen LogP contribution in [0.25, 0.3) is 0 Å². The number of ether oxygens (including phenoxy) is 1. The zero-order valence-corrected chi connectivity index (χ0v) is 14.0. The third-order valence-corrected chi connectivity index (χ3v) is 5.92. The molecule has 2 saturated heterocycles. The molecule has 2 heterocycles. The van der Waals surface area contributed by atoms with E-state index >= 15 is 0 Å². The Balaban J connectivity index is 1.59. The Morgan fingerprint density at radius 1 is 1.23 bits per heavy atom. The Morgan fingerprint density at radius 3 is 2.64 bits per heavy atom. The third kappa shape index (κ3) is 3.31. The topological polar surface area (TPSA) is 44.8 Å². The molecule has 126 valence electrons. The molecule has 22 heavy (non-hydrogen) atoms. The van der Waals surface area contributed by atoms with E-state index in [9.17, 15) is 4.79 Å². The second-order valence-corrected chi connectivity index (χ2v) is 7.21. The summed E-state index contributed by atoms with van der Waals surface area (Å²) in [5.41, 5.74) is -0.117. The van der Waals surface area contributed by atoms with E-state index in [0.29, 0.717) is 18.6 Å². The van der Waals surface area contributed by atoms with Crippen LogP contribution in [0.15, 0.2) is 0 Å². The molecule has 1 amide bonds. The zero-order chi connectivity index (χ0) is 15.4. The van der Waals surface area contributed by atoms with Crippen molar-refractivity contribution >= 4 is 5.91 Å². The fraction of sp³-hybridized carbons (Fsp3) is 0.941. The van der Waals surface area contributed by atoms with Gasteiger partial charge < -0.3 is 15.0 Å². The van der Waals surface area contributed by atoms with Gasteiger partial charge in [-0.25, -0.2) is 0 Å². The Bertz CT molecular complexity index is 376. The van der Waals surface area contributed by atoms with Gasteiger partial charge in [-0.1, -0.05) is 12.8 Å². The Labute approximate surface area is 134 Å². The van der Waals surface area contributed by atoms with Crippen LogP contribution < -0.4 is 5.32 Å². The maximum absolute atomic E-state index is 13.1. The molecule has 1 aliphatic carbocycles. The first-order chi connectivity index (χ1) is 10.7. The summed E-state index contributed by atoms with van der Waals surface area (Å²) in [6.07, 6.45) is 6.56. The van der Waals surface area contributed by atoms with Crippen LogP contribution in [0.1, 0.15) is 38.5 Å². The molecule has 0 spiro atoms. The van der Waals surface area contributed by atoms with Crippen molar-refractivity contribution < 1.29 is 9.53 Å². The molecule has 5 heteroatoms. The number of rotatable bonds is 5. The predicted molar refractivity (Wildman–Crippen MR) is 86.8 cm³/mol. The lowest BCUT2D eigenvalue weighted by atomic mass is 9.81. The smallest absolute Gasteiger partial charge is 0.228 e. The number of nitrogens with one attached hydrogen (secondary N) is 1. The maximum Gasteiger partial charge on any atom is 0.228 e.